The molecule has 0 aliphatic carbocycles. The Labute approximate surface area is 107 Å². The number of nitrogens with one attached hydrogen (secondary N) is 1. The van der Waals surface area contributed by atoms with Crippen LogP contribution in [-0.4, -0.2) is 18.3 Å². The Balaban J connectivity index is 2.59. The molecule has 2 N–H and O–H groups in total. The smallest absolute Gasteiger partial charge is 0.0595 e. The molecule has 0 radical (unpaired) electrons. The molecule has 90 valence electrons. The van der Waals surface area contributed by atoms with E-state index in [4.69, 9.17) is 28.3 Å². The Morgan fingerprint density at radius 1 is 1.25 bits per heavy atom. The van der Waals surface area contributed by atoms with Crippen molar-refractivity contribution in [3.63, 3.8) is 0 Å². The van der Waals surface area contributed by atoms with Crippen LogP contribution in [-0.2, 0) is 0 Å². The molecule has 0 aliphatic heterocycles. The van der Waals surface area contributed by atoms with E-state index in [2.05, 4.69) is 12.2 Å². The number of hydrogen-bond donors (Lipinski definition) is 2. The van der Waals surface area contributed by atoms with Gasteiger partial charge >= 0.3 is 0 Å². The molecule has 0 aliphatic rings. The van der Waals surface area contributed by atoms with Gasteiger partial charge in [0, 0.05) is 19.2 Å². The van der Waals surface area contributed by atoms with Crippen molar-refractivity contribution in [1.29, 1.82) is 0 Å². The normalized spacial score (nSPS) is 14.8. The maximum atomic E-state index is 8.92. The fourth-order valence-corrected chi connectivity index (χ4v) is 1.65. The third-order valence-electron chi connectivity index (χ3n) is 2.53. The molecule has 2 atom stereocenters. The van der Waals surface area contributed by atoms with Gasteiger partial charge in [-0.15, -0.1) is 0 Å². The van der Waals surface area contributed by atoms with Crippen molar-refractivity contribution in [1.82, 2.24) is 5.32 Å². The van der Waals surface area contributed by atoms with Crippen LogP contribution in [0.4, 0.5) is 0 Å². The molecule has 4 heteroatoms. The van der Waals surface area contributed by atoms with E-state index in [1.807, 2.05) is 19.1 Å². The topological polar surface area (TPSA) is 32.3 Å². The second kappa shape index (κ2) is 6.45. The maximum absolute atomic E-state index is 8.92. The molecule has 0 saturated heterocycles. The molecule has 0 bridgehead atoms. The lowest BCUT2D eigenvalue weighted by Crippen LogP contribution is -2.26. The third-order valence-corrected chi connectivity index (χ3v) is 3.27. The molecule has 0 fully saturated rings. The molecule has 0 aromatic heterocycles. The first-order valence-corrected chi connectivity index (χ1v) is 6.09. The number of aliphatic hydroxyl groups is 1. The quantitative estimate of drug-likeness (QED) is 0.853. The van der Waals surface area contributed by atoms with Gasteiger partial charge in [-0.25, -0.2) is 0 Å². The number of hydrogen-bond acceptors (Lipinski definition) is 2. The summed E-state index contributed by atoms with van der Waals surface area (Å²) in [5.41, 5.74) is 1.10. The van der Waals surface area contributed by atoms with Gasteiger partial charge in [0.25, 0.3) is 0 Å². The monoisotopic (exact) mass is 261 g/mol. The Kier molecular flexibility index (Phi) is 5.56. The lowest BCUT2D eigenvalue weighted by Gasteiger charge is -2.17. The molecule has 16 heavy (non-hydrogen) atoms. The fourth-order valence-electron chi connectivity index (χ4n) is 1.34. The van der Waals surface area contributed by atoms with E-state index in [9.17, 15) is 0 Å². The zero-order chi connectivity index (χ0) is 12.1. The second-order valence-electron chi connectivity index (χ2n) is 4.09. The summed E-state index contributed by atoms with van der Waals surface area (Å²) in [6.07, 6.45) is 0. The highest BCUT2D eigenvalue weighted by Crippen LogP contribution is 2.25. The van der Waals surface area contributed by atoms with Gasteiger partial charge in [-0.2, -0.15) is 0 Å². The summed E-state index contributed by atoms with van der Waals surface area (Å²) in [7, 11) is 0. The summed E-state index contributed by atoms with van der Waals surface area (Å²) >= 11 is 11.8. The van der Waals surface area contributed by atoms with Gasteiger partial charge in [-0.3, -0.25) is 0 Å². The van der Waals surface area contributed by atoms with E-state index in [1.165, 1.54) is 0 Å². The van der Waals surface area contributed by atoms with Gasteiger partial charge in [-0.05, 0) is 30.5 Å². The van der Waals surface area contributed by atoms with E-state index < -0.39 is 0 Å². The van der Waals surface area contributed by atoms with Crippen LogP contribution < -0.4 is 5.32 Å². The highest BCUT2D eigenvalue weighted by Gasteiger charge is 2.08. The summed E-state index contributed by atoms with van der Waals surface area (Å²) in [5.74, 6) is 0.255. The molecule has 2 nitrogen and oxygen atoms in total. The van der Waals surface area contributed by atoms with E-state index >= 15 is 0 Å². The standard InChI is InChI=1S/C12H17Cl2NO/c1-8(7-16)6-15-9(2)10-3-4-11(13)12(14)5-10/h3-5,8-9,15-16H,6-7H2,1-2H3. The number of benzene rings is 1. The third kappa shape index (κ3) is 3.95. The predicted octanol–water partition coefficient (Wildman–Crippen LogP) is 3.27. The molecule has 0 heterocycles. The first-order valence-electron chi connectivity index (χ1n) is 5.33. The minimum Gasteiger partial charge on any atom is -0.396 e. The Hall–Kier alpha value is -0.280. The van der Waals surface area contributed by atoms with Crippen molar-refractivity contribution >= 4 is 23.2 Å². The van der Waals surface area contributed by atoms with Crippen LogP contribution in [0.1, 0.15) is 25.5 Å². The lowest BCUT2D eigenvalue weighted by atomic mass is 10.1. The summed E-state index contributed by atoms with van der Waals surface area (Å²) in [6, 6.07) is 5.82. The van der Waals surface area contributed by atoms with Crippen LogP contribution in [0.5, 0.6) is 0 Å². The summed E-state index contributed by atoms with van der Waals surface area (Å²) in [5, 5.41) is 13.4. The zero-order valence-electron chi connectivity index (χ0n) is 9.50. The molecule has 2 unspecified atom stereocenters. The van der Waals surface area contributed by atoms with Crippen molar-refractivity contribution in [2.45, 2.75) is 19.9 Å². The average molecular weight is 262 g/mol. The van der Waals surface area contributed by atoms with Crippen molar-refractivity contribution in [2.24, 2.45) is 5.92 Å². The van der Waals surface area contributed by atoms with Gasteiger partial charge in [-0.1, -0.05) is 36.2 Å². The molecule has 0 amide bonds. The molecule has 0 saturated carbocycles. The minimum atomic E-state index is 0.196. The minimum absolute atomic E-state index is 0.196. The van der Waals surface area contributed by atoms with Gasteiger partial charge in [0.1, 0.15) is 0 Å². The number of aliphatic hydroxyl groups excluding tert-OH is 1. The SMILES string of the molecule is CC(CO)CNC(C)c1ccc(Cl)c(Cl)c1. The van der Waals surface area contributed by atoms with Crippen molar-refractivity contribution < 1.29 is 5.11 Å². The summed E-state index contributed by atoms with van der Waals surface area (Å²) < 4.78 is 0. The summed E-state index contributed by atoms with van der Waals surface area (Å²) in [6.45, 7) is 5.03. The Morgan fingerprint density at radius 3 is 2.50 bits per heavy atom. The zero-order valence-corrected chi connectivity index (χ0v) is 11.0. The van der Waals surface area contributed by atoms with Gasteiger partial charge < -0.3 is 10.4 Å². The molecule has 0 spiro atoms. The maximum Gasteiger partial charge on any atom is 0.0595 e. The highest BCUT2D eigenvalue weighted by atomic mass is 35.5. The van der Waals surface area contributed by atoms with Crippen LogP contribution >= 0.6 is 23.2 Å². The van der Waals surface area contributed by atoms with Crippen molar-refractivity contribution in [2.75, 3.05) is 13.2 Å². The van der Waals surface area contributed by atoms with Gasteiger partial charge in [0.2, 0.25) is 0 Å². The fraction of sp³-hybridized carbons (Fsp3) is 0.500. The van der Waals surface area contributed by atoms with Crippen LogP contribution in [0.15, 0.2) is 18.2 Å². The van der Waals surface area contributed by atoms with E-state index in [-0.39, 0.29) is 18.6 Å². The van der Waals surface area contributed by atoms with E-state index in [1.54, 1.807) is 6.07 Å². The number of rotatable bonds is 5. The summed E-state index contributed by atoms with van der Waals surface area (Å²) in [4.78, 5) is 0. The van der Waals surface area contributed by atoms with E-state index in [0.717, 1.165) is 12.1 Å². The van der Waals surface area contributed by atoms with Crippen molar-refractivity contribution in [3.8, 4) is 0 Å². The number of halogens is 2. The first-order chi connectivity index (χ1) is 7.54. The van der Waals surface area contributed by atoms with Crippen molar-refractivity contribution in [3.05, 3.63) is 33.8 Å². The van der Waals surface area contributed by atoms with Crippen LogP contribution in [0.2, 0.25) is 10.0 Å². The molecule has 1 aromatic carbocycles. The van der Waals surface area contributed by atoms with Crippen LogP contribution in [0, 0.1) is 5.92 Å². The Morgan fingerprint density at radius 2 is 1.94 bits per heavy atom. The van der Waals surface area contributed by atoms with Gasteiger partial charge in [0.05, 0.1) is 10.0 Å². The van der Waals surface area contributed by atoms with Crippen LogP contribution in [0.25, 0.3) is 0 Å². The van der Waals surface area contributed by atoms with E-state index in [0.29, 0.717) is 10.0 Å². The first kappa shape index (κ1) is 13.8. The second-order valence-corrected chi connectivity index (χ2v) is 4.91. The average Bonchev–Trinajstić information content (AvgIpc) is 2.29. The predicted molar refractivity (Wildman–Crippen MR) is 69.1 cm³/mol. The largest absolute Gasteiger partial charge is 0.396 e. The Bertz CT molecular complexity index is 344. The highest BCUT2D eigenvalue weighted by molar-refractivity contribution is 6.42. The van der Waals surface area contributed by atoms with Crippen LogP contribution in [0.3, 0.4) is 0 Å². The molecule has 1 rings (SSSR count). The lowest BCUT2D eigenvalue weighted by molar-refractivity contribution is 0.231. The molecule has 1 aromatic rings. The van der Waals surface area contributed by atoms with Gasteiger partial charge in [0.15, 0.2) is 0 Å². The molecular formula is C12H17Cl2NO. The molecular weight excluding hydrogens is 245 g/mol.